The summed E-state index contributed by atoms with van der Waals surface area (Å²) < 4.78 is 10.5. The zero-order valence-electron chi connectivity index (χ0n) is 18.9. The number of hydrogen-bond donors (Lipinski definition) is 2. The van der Waals surface area contributed by atoms with Crippen molar-refractivity contribution in [2.75, 3.05) is 13.7 Å². The van der Waals surface area contributed by atoms with Crippen molar-refractivity contribution in [2.24, 2.45) is 0 Å². The summed E-state index contributed by atoms with van der Waals surface area (Å²) in [4.78, 5) is 38.0. The van der Waals surface area contributed by atoms with Gasteiger partial charge in [0.05, 0.1) is 13.0 Å². The van der Waals surface area contributed by atoms with Crippen molar-refractivity contribution < 1.29 is 28.8 Å². The Morgan fingerprint density at radius 2 is 1.74 bits per heavy atom. The number of amides is 2. The number of nitrogens with one attached hydrogen (secondary N) is 1. The maximum absolute atomic E-state index is 12.8. The molecule has 9 nitrogen and oxygen atoms in total. The highest BCUT2D eigenvalue weighted by atomic mass is 16.5. The van der Waals surface area contributed by atoms with Crippen LogP contribution in [0, 0.1) is 6.92 Å². The van der Waals surface area contributed by atoms with Crippen molar-refractivity contribution in [1.29, 1.82) is 0 Å². The molecule has 4 rings (SSSR count). The molecule has 0 saturated heterocycles. The fourth-order valence-electron chi connectivity index (χ4n) is 4.24. The van der Waals surface area contributed by atoms with E-state index >= 15 is 0 Å². The number of aryl methyl sites for hydroxylation is 1. The SMILES string of the molecule is Cc1cc(CN(C)C(=O)C(CC(=O)O)NC(=O)OCC2c3ccccc3-c3ccccc32)no1. The predicted molar refractivity (Wildman–Crippen MR) is 122 cm³/mol. The van der Waals surface area contributed by atoms with Crippen LogP contribution in [0.1, 0.15) is 34.9 Å². The van der Waals surface area contributed by atoms with Crippen LogP contribution in [0.5, 0.6) is 0 Å². The van der Waals surface area contributed by atoms with Crippen LogP contribution in [0.3, 0.4) is 0 Å². The number of aromatic nitrogens is 1. The van der Waals surface area contributed by atoms with Gasteiger partial charge in [-0.2, -0.15) is 0 Å². The molecule has 0 spiro atoms. The van der Waals surface area contributed by atoms with Crippen LogP contribution in [0.15, 0.2) is 59.1 Å². The third-order valence-corrected chi connectivity index (χ3v) is 5.76. The van der Waals surface area contributed by atoms with Gasteiger partial charge in [0.15, 0.2) is 0 Å². The smallest absolute Gasteiger partial charge is 0.407 e. The molecule has 2 amide bonds. The number of carboxylic acid groups (broad SMARTS) is 1. The lowest BCUT2D eigenvalue weighted by Crippen LogP contribution is -2.48. The number of carbonyl (C=O) groups is 3. The molecule has 1 aliphatic carbocycles. The van der Waals surface area contributed by atoms with Gasteiger partial charge in [0.1, 0.15) is 24.1 Å². The van der Waals surface area contributed by atoms with Crippen molar-refractivity contribution >= 4 is 18.0 Å². The summed E-state index contributed by atoms with van der Waals surface area (Å²) in [6.07, 6.45) is -1.43. The first-order valence-corrected chi connectivity index (χ1v) is 10.8. The Bertz CT molecular complexity index is 1180. The number of rotatable bonds is 8. The van der Waals surface area contributed by atoms with Crippen LogP contribution in [0.25, 0.3) is 11.1 Å². The van der Waals surface area contributed by atoms with Gasteiger partial charge in [-0.15, -0.1) is 0 Å². The zero-order valence-corrected chi connectivity index (χ0v) is 18.9. The Hall–Kier alpha value is -4.14. The number of benzene rings is 2. The van der Waals surface area contributed by atoms with E-state index in [9.17, 15) is 19.5 Å². The van der Waals surface area contributed by atoms with Crippen LogP contribution in [-0.4, -0.2) is 52.8 Å². The standard InChI is InChI=1S/C25H25N3O6/c1-15-11-16(27-34-15)13-28(2)24(31)22(12-23(29)30)26-25(32)33-14-21-19-9-5-3-7-17(19)18-8-4-6-10-20(18)21/h3-11,21-22H,12-14H2,1-2H3,(H,26,32)(H,29,30). The Labute approximate surface area is 196 Å². The maximum Gasteiger partial charge on any atom is 0.407 e. The third-order valence-electron chi connectivity index (χ3n) is 5.76. The van der Waals surface area contributed by atoms with E-state index in [0.717, 1.165) is 22.3 Å². The molecule has 1 aliphatic rings. The Morgan fingerprint density at radius 3 is 2.29 bits per heavy atom. The average molecular weight is 463 g/mol. The van der Waals surface area contributed by atoms with Crippen molar-refractivity contribution in [3.63, 3.8) is 0 Å². The number of carbonyl (C=O) groups excluding carboxylic acids is 2. The Balaban J connectivity index is 1.41. The zero-order chi connectivity index (χ0) is 24.2. The molecule has 0 aliphatic heterocycles. The Kier molecular flexibility index (Phi) is 6.62. The number of aliphatic carboxylic acids is 1. The van der Waals surface area contributed by atoms with E-state index in [-0.39, 0.29) is 19.1 Å². The maximum atomic E-state index is 12.8. The second-order valence-electron chi connectivity index (χ2n) is 8.24. The molecule has 34 heavy (non-hydrogen) atoms. The highest BCUT2D eigenvalue weighted by Gasteiger charge is 2.31. The van der Waals surface area contributed by atoms with E-state index in [4.69, 9.17) is 9.26 Å². The fraction of sp³-hybridized carbons (Fsp3) is 0.280. The second kappa shape index (κ2) is 9.78. The van der Waals surface area contributed by atoms with Crippen molar-refractivity contribution in [3.8, 4) is 11.1 Å². The molecule has 1 unspecified atom stereocenters. The first kappa shape index (κ1) is 23.0. The molecule has 2 N–H and O–H groups in total. The van der Waals surface area contributed by atoms with E-state index in [0.29, 0.717) is 11.5 Å². The van der Waals surface area contributed by atoms with Crippen LogP contribution >= 0.6 is 0 Å². The van der Waals surface area contributed by atoms with Gasteiger partial charge in [0.25, 0.3) is 0 Å². The molecule has 0 fully saturated rings. The van der Waals surface area contributed by atoms with E-state index in [1.165, 1.54) is 11.9 Å². The lowest BCUT2D eigenvalue weighted by Gasteiger charge is -2.23. The minimum absolute atomic E-state index is 0.0574. The number of likely N-dealkylation sites (N-methyl/N-ethyl adjacent to an activating group) is 1. The number of alkyl carbamates (subject to hydrolysis) is 1. The van der Waals surface area contributed by atoms with Crippen molar-refractivity contribution in [1.82, 2.24) is 15.4 Å². The predicted octanol–water partition coefficient (Wildman–Crippen LogP) is 3.32. The molecule has 0 saturated carbocycles. The number of fused-ring (bicyclic) bond motifs is 3. The van der Waals surface area contributed by atoms with Crippen LogP contribution in [-0.2, 0) is 20.9 Å². The molecule has 3 aromatic rings. The van der Waals surface area contributed by atoms with Gasteiger partial charge in [-0.1, -0.05) is 53.7 Å². The van der Waals surface area contributed by atoms with E-state index < -0.39 is 30.4 Å². The summed E-state index contributed by atoms with van der Waals surface area (Å²) in [5, 5.41) is 15.5. The molecule has 0 radical (unpaired) electrons. The van der Waals surface area contributed by atoms with Crippen LogP contribution in [0.4, 0.5) is 4.79 Å². The van der Waals surface area contributed by atoms with Gasteiger partial charge < -0.3 is 24.6 Å². The lowest BCUT2D eigenvalue weighted by atomic mass is 9.98. The van der Waals surface area contributed by atoms with Crippen molar-refractivity contribution in [3.05, 3.63) is 77.2 Å². The topological polar surface area (TPSA) is 122 Å². The number of hydrogen-bond acceptors (Lipinski definition) is 6. The van der Waals surface area contributed by atoms with Gasteiger partial charge in [0, 0.05) is 19.0 Å². The minimum atomic E-state index is -1.29. The quantitative estimate of drug-likeness (QED) is 0.525. The molecule has 0 bridgehead atoms. The summed E-state index contributed by atoms with van der Waals surface area (Å²) in [6, 6.07) is 16.2. The molecular formula is C25H25N3O6. The van der Waals surface area contributed by atoms with Crippen LogP contribution < -0.4 is 5.32 Å². The molecule has 1 heterocycles. The number of carboxylic acids is 1. The molecule has 176 valence electrons. The lowest BCUT2D eigenvalue weighted by molar-refractivity contribution is -0.142. The van der Waals surface area contributed by atoms with Crippen LogP contribution in [0.2, 0.25) is 0 Å². The molecular weight excluding hydrogens is 438 g/mol. The highest BCUT2D eigenvalue weighted by Crippen LogP contribution is 2.44. The first-order valence-electron chi connectivity index (χ1n) is 10.8. The third kappa shape index (κ3) is 4.93. The van der Waals surface area contributed by atoms with Crippen molar-refractivity contribution in [2.45, 2.75) is 31.8 Å². The number of ether oxygens (including phenoxy) is 1. The average Bonchev–Trinajstić information content (AvgIpc) is 3.37. The molecule has 1 aromatic heterocycles. The normalized spacial score (nSPS) is 13.0. The second-order valence-corrected chi connectivity index (χ2v) is 8.24. The monoisotopic (exact) mass is 463 g/mol. The van der Waals surface area contributed by atoms with E-state index in [2.05, 4.69) is 10.5 Å². The largest absolute Gasteiger partial charge is 0.481 e. The summed E-state index contributed by atoms with van der Waals surface area (Å²) in [7, 11) is 1.50. The summed E-state index contributed by atoms with van der Waals surface area (Å²) in [5.74, 6) is -1.35. The molecule has 1 atom stereocenters. The molecule has 9 heteroatoms. The molecule has 2 aromatic carbocycles. The number of nitrogens with zero attached hydrogens (tertiary/aromatic N) is 2. The summed E-state index contributed by atoms with van der Waals surface area (Å²) in [6.45, 7) is 1.89. The van der Waals surface area contributed by atoms with Gasteiger partial charge >= 0.3 is 12.1 Å². The highest BCUT2D eigenvalue weighted by molar-refractivity contribution is 5.89. The van der Waals surface area contributed by atoms with Gasteiger partial charge in [-0.05, 0) is 29.2 Å². The van der Waals surface area contributed by atoms with E-state index in [1.54, 1.807) is 13.0 Å². The van der Waals surface area contributed by atoms with Gasteiger partial charge in [0.2, 0.25) is 5.91 Å². The first-order chi connectivity index (χ1) is 16.3. The van der Waals surface area contributed by atoms with Gasteiger partial charge in [-0.3, -0.25) is 9.59 Å². The minimum Gasteiger partial charge on any atom is -0.481 e. The van der Waals surface area contributed by atoms with Gasteiger partial charge in [-0.25, -0.2) is 4.79 Å². The van der Waals surface area contributed by atoms with E-state index in [1.807, 2.05) is 48.5 Å². The Morgan fingerprint density at radius 1 is 1.12 bits per heavy atom. The summed E-state index contributed by atoms with van der Waals surface area (Å²) in [5.41, 5.74) is 4.81. The fourth-order valence-corrected chi connectivity index (χ4v) is 4.24. The summed E-state index contributed by atoms with van der Waals surface area (Å²) >= 11 is 0.